The molecule has 2 aromatic rings. The Morgan fingerprint density at radius 2 is 2.09 bits per heavy atom. The van der Waals surface area contributed by atoms with Crippen molar-refractivity contribution < 1.29 is 14.3 Å². The van der Waals surface area contributed by atoms with Crippen molar-refractivity contribution in [1.82, 2.24) is 5.32 Å². The fourth-order valence-electron chi connectivity index (χ4n) is 2.45. The second kappa shape index (κ2) is 7.48. The SMILES string of the molecule is CNCCC(=O)N(Cc1cccs1)c1ccc2c(c1)OCCO2. The second-order valence-corrected chi connectivity index (χ2v) is 6.27. The lowest BCUT2D eigenvalue weighted by atomic mass is 10.2. The van der Waals surface area contributed by atoms with Crippen LogP contribution < -0.4 is 19.7 Å². The number of carbonyl (C=O) groups excluding carboxylic acids is 1. The van der Waals surface area contributed by atoms with Crippen molar-refractivity contribution in [2.45, 2.75) is 13.0 Å². The highest BCUT2D eigenvalue weighted by Crippen LogP contribution is 2.34. The Hall–Kier alpha value is -2.05. The summed E-state index contributed by atoms with van der Waals surface area (Å²) in [5.41, 5.74) is 0.837. The quantitative estimate of drug-likeness (QED) is 0.884. The van der Waals surface area contributed by atoms with Crippen molar-refractivity contribution in [3.05, 3.63) is 40.6 Å². The van der Waals surface area contributed by atoms with Crippen LogP contribution in [0.5, 0.6) is 11.5 Å². The summed E-state index contributed by atoms with van der Waals surface area (Å²) in [5.74, 6) is 1.52. The molecule has 122 valence electrons. The predicted molar refractivity (Wildman–Crippen MR) is 91.5 cm³/mol. The molecule has 1 aromatic heterocycles. The number of thiophene rings is 1. The zero-order valence-corrected chi connectivity index (χ0v) is 13.9. The molecule has 0 unspecified atom stereocenters. The molecule has 0 saturated heterocycles. The van der Waals surface area contributed by atoms with Gasteiger partial charge in [0.25, 0.3) is 0 Å². The van der Waals surface area contributed by atoms with Gasteiger partial charge in [-0.25, -0.2) is 0 Å². The van der Waals surface area contributed by atoms with Crippen molar-refractivity contribution in [3.8, 4) is 11.5 Å². The van der Waals surface area contributed by atoms with Crippen LogP contribution in [-0.4, -0.2) is 32.7 Å². The molecule has 0 saturated carbocycles. The van der Waals surface area contributed by atoms with Gasteiger partial charge in [-0.3, -0.25) is 4.79 Å². The summed E-state index contributed by atoms with van der Waals surface area (Å²) >= 11 is 1.65. The standard InChI is InChI=1S/C17H20N2O3S/c1-18-7-6-17(20)19(12-14-3-2-10-23-14)13-4-5-15-16(11-13)22-9-8-21-15/h2-5,10-11,18H,6-9,12H2,1H3. The minimum atomic E-state index is 0.0874. The van der Waals surface area contributed by atoms with Gasteiger partial charge in [0.2, 0.25) is 5.91 Å². The maximum absolute atomic E-state index is 12.6. The Morgan fingerprint density at radius 1 is 1.26 bits per heavy atom. The number of nitrogens with one attached hydrogen (secondary N) is 1. The van der Waals surface area contributed by atoms with E-state index in [4.69, 9.17) is 9.47 Å². The molecule has 0 spiro atoms. The number of hydrogen-bond acceptors (Lipinski definition) is 5. The normalized spacial score (nSPS) is 12.9. The lowest BCUT2D eigenvalue weighted by molar-refractivity contribution is -0.118. The molecular weight excluding hydrogens is 312 g/mol. The number of rotatable bonds is 6. The average Bonchev–Trinajstić information content (AvgIpc) is 3.10. The second-order valence-electron chi connectivity index (χ2n) is 5.24. The number of carbonyl (C=O) groups is 1. The van der Waals surface area contributed by atoms with Crippen LogP contribution in [0.4, 0.5) is 5.69 Å². The first-order valence-corrected chi connectivity index (χ1v) is 8.53. The summed E-state index contributed by atoms with van der Waals surface area (Å²) in [6, 6.07) is 9.72. The summed E-state index contributed by atoms with van der Waals surface area (Å²) in [6.45, 7) is 2.33. The van der Waals surface area contributed by atoms with Gasteiger partial charge in [-0.1, -0.05) is 6.07 Å². The monoisotopic (exact) mass is 332 g/mol. The van der Waals surface area contributed by atoms with Gasteiger partial charge in [0.05, 0.1) is 6.54 Å². The van der Waals surface area contributed by atoms with Crippen molar-refractivity contribution in [2.24, 2.45) is 0 Å². The van der Waals surface area contributed by atoms with E-state index in [0.717, 1.165) is 16.3 Å². The molecule has 1 amide bonds. The third-order valence-electron chi connectivity index (χ3n) is 3.62. The molecule has 2 heterocycles. The maximum Gasteiger partial charge on any atom is 0.228 e. The largest absolute Gasteiger partial charge is 0.486 e. The molecule has 0 atom stereocenters. The van der Waals surface area contributed by atoms with Gasteiger partial charge >= 0.3 is 0 Å². The highest BCUT2D eigenvalue weighted by atomic mass is 32.1. The van der Waals surface area contributed by atoms with E-state index in [1.165, 1.54) is 0 Å². The van der Waals surface area contributed by atoms with Gasteiger partial charge in [-0.05, 0) is 30.6 Å². The highest BCUT2D eigenvalue weighted by molar-refractivity contribution is 7.09. The highest BCUT2D eigenvalue weighted by Gasteiger charge is 2.19. The Balaban J connectivity index is 1.85. The van der Waals surface area contributed by atoms with E-state index in [2.05, 4.69) is 5.32 Å². The molecule has 0 aliphatic carbocycles. The van der Waals surface area contributed by atoms with Gasteiger partial charge in [-0.2, -0.15) is 0 Å². The molecule has 6 heteroatoms. The van der Waals surface area contributed by atoms with Crippen molar-refractivity contribution in [2.75, 3.05) is 31.7 Å². The summed E-state index contributed by atoms with van der Waals surface area (Å²) in [6.07, 6.45) is 0.455. The van der Waals surface area contributed by atoms with Crippen LogP contribution in [0.25, 0.3) is 0 Å². The van der Waals surface area contributed by atoms with E-state index in [1.807, 2.05) is 42.8 Å². The van der Waals surface area contributed by atoms with Crippen LogP contribution in [0.2, 0.25) is 0 Å². The van der Waals surface area contributed by atoms with Crippen LogP contribution in [0, 0.1) is 0 Å². The molecule has 1 aromatic carbocycles. The van der Waals surface area contributed by atoms with Crippen molar-refractivity contribution >= 4 is 22.9 Å². The summed E-state index contributed by atoms with van der Waals surface area (Å²) in [4.78, 5) is 15.6. The van der Waals surface area contributed by atoms with Gasteiger partial charge in [0, 0.05) is 29.6 Å². The summed E-state index contributed by atoms with van der Waals surface area (Å²) < 4.78 is 11.2. The van der Waals surface area contributed by atoms with E-state index >= 15 is 0 Å². The third-order valence-corrected chi connectivity index (χ3v) is 4.48. The predicted octanol–water partition coefficient (Wildman–Crippen LogP) is 2.66. The molecule has 1 N–H and O–H groups in total. The molecule has 1 aliphatic rings. The first-order valence-electron chi connectivity index (χ1n) is 7.65. The number of hydrogen-bond donors (Lipinski definition) is 1. The lowest BCUT2D eigenvalue weighted by Crippen LogP contribution is -2.32. The summed E-state index contributed by atoms with van der Waals surface area (Å²) in [7, 11) is 1.85. The zero-order valence-electron chi connectivity index (χ0n) is 13.1. The number of nitrogens with zero attached hydrogens (tertiary/aromatic N) is 1. The first-order chi connectivity index (χ1) is 11.3. The fraction of sp³-hybridized carbons (Fsp3) is 0.353. The molecule has 3 rings (SSSR count). The smallest absolute Gasteiger partial charge is 0.228 e. The van der Waals surface area contributed by atoms with Gasteiger partial charge < -0.3 is 19.7 Å². The minimum Gasteiger partial charge on any atom is -0.486 e. The van der Waals surface area contributed by atoms with E-state index < -0.39 is 0 Å². The number of fused-ring (bicyclic) bond motifs is 1. The third kappa shape index (κ3) is 3.83. The molecular formula is C17H20N2O3S. The van der Waals surface area contributed by atoms with Crippen LogP contribution in [0.15, 0.2) is 35.7 Å². The molecule has 5 nitrogen and oxygen atoms in total. The summed E-state index contributed by atoms with van der Waals surface area (Å²) in [5, 5.41) is 5.05. The van der Waals surface area contributed by atoms with Crippen LogP contribution in [0.1, 0.15) is 11.3 Å². The van der Waals surface area contributed by atoms with Crippen molar-refractivity contribution in [3.63, 3.8) is 0 Å². The number of amides is 1. The molecule has 0 radical (unpaired) electrons. The Morgan fingerprint density at radius 3 is 2.83 bits per heavy atom. The van der Waals surface area contributed by atoms with Gasteiger partial charge in [0.1, 0.15) is 13.2 Å². The van der Waals surface area contributed by atoms with Gasteiger partial charge in [0.15, 0.2) is 11.5 Å². The molecule has 0 bridgehead atoms. The van der Waals surface area contributed by atoms with Crippen LogP contribution in [0.3, 0.4) is 0 Å². The first kappa shape index (κ1) is 15.8. The molecule has 23 heavy (non-hydrogen) atoms. The Kier molecular flexibility index (Phi) is 5.15. The number of ether oxygens (including phenoxy) is 2. The average molecular weight is 332 g/mol. The fourth-order valence-corrected chi connectivity index (χ4v) is 3.14. The van der Waals surface area contributed by atoms with Crippen LogP contribution >= 0.6 is 11.3 Å². The van der Waals surface area contributed by atoms with E-state index in [9.17, 15) is 4.79 Å². The van der Waals surface area contributed by atoms with E-state index in [1.54, 1.807) is 16.2 Å². The van der Waals surface area contributed by atoms with E-state index in [0.29, 0.717) is 38.5 Å². The molecule has 1 aliphatic heterocycles. The number of benzene rings is 1. The minimum absolute atomic E-state index is 0.0874. The zero-order chi connectivity index (χ0) is 16.1. The van der Waals surface area contributed by atoms with Crippen molar-refractivity contribution in [1.29, 1.82) is 0 Å². The topological polar surface area (TPSA) is 50.8 Å². The molecule has 0 fully saturated rings. The Labute approximate surface area is 139 Å². The van der Waals surface area contributed by atoms with E-state index in [-0.39, 0.29) is 5.91 Å². The maximum atomic E-state index is 12.6. The van der Waals surface area contributed by atoms with Crippen LogP contribution in [-0.2, 0) is 11.3 Å². The lowest BCUT2D eigenvalue weighted by Gasteiger charge is -2.25. The Bertz CT molecular complexity index is 658. The number of anilines is 1. The van der Waals surface area contributed by atoms with Gasteiger partial charge in [-0.15, -0.1) is 11.3 Å².